The molecule has 0 saturated heterocycles. The zero-order valence-electron chi connectivity index (χ0n) is 11.4. The van der Waals surface area contributed by atoms with E-state index in [1.54, 1.807) is 6.07 Å². The van der Waals surface area contributed by atoms with Gasteiger partial charge in [-0.15, -0.1) is 0 Å². The Morgan fingerprint density at radius 3 is 3.00 bits per heavy atom. The fraction of sp³-hybridized carbons (Fsp3) is 0.583. The largest absolute Gasteiger partial charge is 0.369 e. The molecule has 2 N–H and O–H groups in total. The predicted molar refractivity (Wildman–Crippen MR) is 74.5 cm³/mol. The van der Waals surface area contributed by atoms with Gasteiger partial charge in [0.05, 0.1) is 0 Å². The number of aromatic amines is 1. The van der Waals surface area contributed by atoms with Crippen LogP contribution in [0.1, 0.15) is 20.3 Å². The standard InChI is InChI=1S/C12H20N6O/c1-3-6-17(4-2)7-5-13-10-8-11-15-16-12(19)18(11)9-14-10/h8-9,13H,3-7H2,1-2H3,(H,16,19). The van der Waals surface area contributed by atoms with E-state index in [0.717, 1.165) is 38.4 Å². The van der Waals surface area contributed by atoms with E-state index >= 15 is 0 Å². The second kappa shape index (κ2) is 6.33. The van der Waals surface area contributed by atoms with Crippen molar-refractivity contribution in [1.29, 1.82) is 0 Å². The first kappa shape index (κ1) is 13.5. The Balaban J connectivity index is 1.92. The third-order valence-electron chi connectivity index (χ3n) is 3.03. The Kier molecular flexibility index (Phi) is 4.51. The van der Waals surface area contributed by atoms with Gasteiger partial charge in [-0.05, 0) is 19.5 Å². The minimum Gasteiger partial charge on any atom is -0.369 e. The van der Waals surface area contributed by atoms with Crippen LogP contribution in [-0.4, -0.2) is 50.7 Å². The van der Waals surface area contributed by atoms with E-state index in [-0.39, 0.29) is 5.69 Å². The Bertz CT molecular complexity index is 575. The van der Waals surface area contributed by atoms with Crippen LogP contribution < -0.4 is 11.0 Å². The lowest BCUT2D eigenvalue weighted by molar-refractivity contribution is 0.300. The number of H-pyrrole nitrogens is 1. The number of nitrogens with zero attached hydrogens (tertiary/aromatic N) is 4. The number of hydrogen-bond donors (Lipinski definition) is 2. The molecule has 0 aliphatic heterocycles. The third-order valence-corrected chi connectivity index (χ3v) is 3.03. The fourth-order valence-electron chi connectivity index (χ4n) is 1.99. The summed E-state index contributed by atoms with van der Waals surface area (Å²) in [4.78, 5) is 17.8. The van der Waals surface area contributed by atoms with Gasteiger partial charge in [0.1, 0.15) is 12.1 Å². The molecular weight excluding hydrogens is 244 g/mol. The molecule has 0 spiro atoms. The van der Waals surface area contributed by atoms with Crippen LogP contribution in [0.4, 0.5) is 5.82 Å². The Labute approximate surface area is 111 Å². The van der Waals surface area contributed by atoms with Crippen LogP contribution in [0.3, 0.4) is 0 Å². The van der Waals surface area contributed by atoms with E-state index in [2.05, 4.69) is 39.2 Å². The summed E-state index contributed by atoms with van der Waals surface area (Å²) in [5.41, 5.74) is 0.303. The number of likely N-dealkylation sites (N-methyl/N-ethyl adjacent to an activating group) is 1. The summed E-state index contributed by atoms with van der Waals surface area (Å²) in [5.74, 6) is 0.735. The van der Waals surface area contributed by atoms with Gasteiger partial charge in [-0.2, -0.15) is 5.10 Å². The number of aromatic nitrogens is 4. The van der Waals surface area contributed by atoms with Crippen LogP contribution in [0.2, 0.25) is 0 Å². The second-order valence-corrected chi connectivity index (χ2v) is 4.39. The van der Waals surface area contributed by atoms with Crippen molar-refractivity contribution in [2.75, 3.05) is 31.5 Å². The van der Waals surface area contributed by atoms with Gasteiger partial charge in [0.2, 0.25) is 0 Å². The van der Waals surface area contributed by atoms with Gasteiger partial charge in [0, 0.05) is 19.2 Å². The quantitative estimate of drug-likeness (QED) is 0.764. The van der Waals surface area contributed by atoms with E-state index in [0.29, 0.717) is 5.65 Å². The number of hydrogen-bond acceptors (Lipinski definition) is 5. The molecule has 0 aromatic carbocycles. The molecule has 2 rings (SSSR count). The molecule has 2 aromatic heterocycles. The van der Waals surface area contributed by atoms with Crippen LogP contribution in [-0.2, 0) is 0 Å². The number of fused-ring (bicyclic) bond motifs is 1. The van der Waals surface area contributed by atoms with Gasteiger partial charge in [-0.25, -0.2) is 19.3 Å². The summed E-state index contributed by atoms with van der Waals surface area (Å²) in [7, 11) is 0. The van der Waals surface area contributed by atoms with Gasteiger partial charge in [-0.1, -0.05) is 13.8 Å². The van der Waals surface area contributed by atoms with Crippen molar-refractivity contribution in [1.82, 2.24) is 24.5 Å². The minimum absolute atomic E-state index is 0.269. The molecule has 19 heavy (non-hydrogen) atoms. The number of rotatable bonds is 7. The zero-order valence-corrected chi connectivity index (χ0v) is 11.4. The Hall–Kier alpha value is -1.89. The highest BCUT2D eigenvalue weighted by atomic mass is 16.1. The van der Waals surface area contributed by atoms with Crippen LogP contribution >= 0.6 is 0 Å². The smallest absolute Gasteiger partial charge is 0.348 e. The van der Waals surface area contributed by atoms with E-state index in [9.17, 15) is 4.79 Å². The van der Waals surface area contributed by atoms with Crippen molar-refractivity contribution >= 4 is 11.5 Å². The molecule has 0 radical (unpaired) electrons. The first-order chi connectivity index (χ1) is 9.24. The first-order valence-electron chi connectivity index (χ1n) is 6.63. The summed E-state index contributed by atoms with van der Waals surface area (Å²) in [6.45, 7) is 8.31. The van der Waals surface area contributed by atoms with E-state index in [1.165, 1.54) is 10.7 Å². The zero-order chi connectivity index (χ0) is 13.7. The maximum Gasteiger partial charge on any atom is 0.348 e. The number of nitrogens with one attached hydrogen (secondary N) is 2. The van der Waals surface area contributed by atoms with Crippen molar-refractivity contribution in [2.24, 2.45) is 0 Å². The molecule has 0 bridgehead atoms. The molecule has 0 fully saturated rings. The third kappa shape index (κ3) is 3.31. The highest BCUT2D eigenvalue weighted by Crippen LogP contribution is 2.03. The monoisotopic (exact) mass is 264 g/mol. The Morgan fingerprint density at radius 2 is 2.26 bits per heavy atom. The minimum atomic E-state index is -0.269. The molecule has 0 aliphatic carbocycles. The lowest BCUT2D eigenvalue weighted by Crippen LogP contribution is -2.29. The summed E-state index contributed by atoms with van der Waals surface area (Å²) in [6, 6.07) is 1.76. The average Bonchev–Trinajstić information content (AvgIpc) is 2.79. The molecule has 2 heterocycles. The van der Waals surface area contributed by atoms with Gasteiger partial charge < -0.3 is 10.2 Å². The van der Waals surface area contributed by atoms with Crippen LogP contribution in [0.25, 0.3) is 5.65 Å². The molecule has 7 nitrogen and oxygen atoms in total. The molecule has 0 atom stereocenters. The molecule has 0 saturated carbocycles. The summed E-state index contributed by atoms with van der Waals surface area (Å²) < 4.78 is 1.38. The summed E-state index contributed by atoms with van der Waals surface area (Å²) >= 11 is 0. The molecule has 7 heteroatoms. The van der Waals surface area contributed by atoms with Crippen molar-refractivity contribution in [3.05, 3.63) is 22.9 Å². The van der Waals surface area contributed by atoms with Crippen molar-refractivity contribution in [3.8, 4) is 0 Å². The van der Waals surface area contributed by atoms with Gasteiger partial charge in [-0.3, -0.25) is 0 Å². The molecule has 0 unspecified atom stereocenters. The van der Waals surface area contributed by atoms with Gasteiger partial charge >= 0.3 is 5.69 Å². The van der Waals surface area contributed by atoms with Gasteiger partial charge in [0.15, 0.2) is 5.65 Å². The normalized spacial score (nSPS) is 11.3. The van der Waals surface area contributed by atoms with Crippen LogP contribution in [0.5, 0.6) is 0 Å². The van der Waals surface area contributed by atoms with E-state index < -0.39 is 0 Å². The highest BCUT2D eigenvalue weighted by molar-refractivity contribution is 5.48. The average molecular weight is 264 g/mol. The first-order valence-corrected chi connectivity index (χ1v) is 6.63. The topological polar surface area (TPSA) is 78.3 Å². The molecule has 104 valence electrons. The maximum atomic E-state index is 11.3. The maximum absolute atomic E-state index is 11.3. The van der Waals surface area contributed by atoms with E-state index in [1.807, 2.05) is 0 Å². The lowest BCUT2D eigenvalue weighted by Gasteiger charge is -2.19. The lowest BCUT2D eigenvalue weighted by atomic mass is 10.4. The molecule has 0 amide bonds. The van der Waals surface area contributed by atoms with Crippen molar-refractivity contribution in [3.63, 3.8) is 0 Å². The molecule has 2 aromatic rings. The molecular formula is C12H20N6O. The van der Waals surface area contributed by atoms with E-state index in [4.69, 9.17) is 0 Å². The van der Waals surface area contributed by atoms with Crippen molar-refractivity contribution in [2.45, 2.75) is 20.3 Å². The van der Waals surface area contributed by atoms with Crippen molar-refractivity contribution < 1.29 is 0 Å². The number of anilines is 1. The molecule has 0 aliphatic rings. The second-order valence-electron chi connectivity index (χ2n) is 4.39. The predicted octanol–water partition coefficient (Wildman–Crippen LogP) is 0.561. The highest BCUT2D eigenvalue weighted by Gasteiger charge is 2.03. The van der Waals surface area contributed by atoms with Crippen LogP contribution in [0, 0.1) is 0 Å². The Morgan fingerprint density at radius 1 is 1.42 bits per heavy atom. The summed E-state index contributed by atoms with van der Waals surface area (Å²) in [5, 5.41) is 9.54. The van der Waals surface area contributed by atoms with Crippen LogP contribution in [0.15, 0.2) is 17.2 Å². The fourth-order valence-corrected chi connectivity index (χ4v) is 1.99. The summed E-state index contributed by atoms with van der Waals surface area (Å²) in [6.07, 6.45) is 2.64. The SMILES string of the molecule is CCCN(CC)CCNc1cc2n[nH]c(=O)n2cn1. The van der Waals surface area contributed by atoms with Gasteiger partial charge in [0.25, 0.3) is 0 Å².